The van der Waals surface area contributed by atoms with E-state index in [9.17, 15) is 8.42 Å². The molecule has 0 radical (unpaired) electrons. The predicted molar refractivity (Wildman–Crippen MR) is 95.6 cm³/mol. The lowest BCUT2D eigenvalue weighted by Gasteiger charge is -1.95. The van der Waals surface area contributed by atoms with Gasteiger partial charge in [0.25, 0.3) is 0 Å². The van der Waals surface area contributed by atoms with Crippen LogP contribution in [0.5, 0.6) is 0 Å². The molecule has 4 heterocycles. The van der Waals surface area contributed by atoms with Crippen LogP contribution in [0.4, 0.5) is 0 Å². The summed E-state index contributed by atoms with van der Waals surface area (Å²) in [6.45, 7) is 0. The van der Waals surface area contributed by atoms with E-state index in [0.717, 1.165) is 4.47 Å². The van der Waals surface area contributed by atoms with Gasteiger partial charge in [0, 0.05) is 50.1 Å². The summed E-state index contributed by atoms with van der Waals surface area (Å²) in [6.07, 6.45) is 6.61. The second-order valence-electron chi connectivity index (χ2n) is 4.34. The van der Waals surface area contributed by atoms with Crippen molar-refractivity contribution in [3.05, 3.63) is 57.7 Å². The molecule has 0 spiro atoms. The molecule has 0 atom stereocenters. The van der Waals surface area contributed by atoms with Crippen LogP contribution < -0.4 is 0 Å². The topological polar surface area (TPSA) is 59.9 Å². The molecule has 0 N–H and O–H groups in total. The molecule has 3 aromatic heterocycles. The van der Waals surface area contributed by atoms with Crippen LogP contribution in [0.3, 0.4) is 0 Å². The summed E-state index contributed by atoms with van der Waals surface area (Å²) >= 11 is 8.32. The van der Waals surface area contributed by atoms with Crippen molar-refractivity contribution in [1.29, 1.82) is 0 Å². The summed E-state index contributed by atoms with van der Waals surface area (Å²) in [6, 6.07) is 3.68. The molecule has 0 unspecified atom stereocenters. The molecule has 0 saturated carbocycles. The predicted octanol–water partition coefficient (Wildman–Crippen LogP) is 4.62. The molecular formula is C14H8Br2N2O2S2. The number of rotatable bonds is 0. The van der Waals surface area contributed by atoms with Crippen molar-refractivity contribution in [2.24, 2.45) is 0 Å². The van der Waals surface area contributed by atoms with Gasteiger partial charge in [0.15, 0.2) is 0 Å². The van der Waals surface area contributed by atoms with Gasteiger partial charge in [0.1, 0.15) is 0 Å². The maximum absolute atomic E-state index is 11.3. The number of nitrogens with zero attached hydrogens (tertiary/aromatic N) is 2. The molecule has 112 valence electrons. The largest absolute Gasteiger partial charge is 0.263 e. The Kier molecular flexibility index (Phi) is 4.44. The zero-order valence-electron chi connectivity index (χ0n) is 10.9. The van der Waals surface area contributed by atoms with Crippen LogP contribution in [-0.4, -0.2) is 18.4 Å². The molecule has 8 heteroatoms. The highest BCUT2D eigenvalue weighted by molar-refractivity contribution is 9.15. The van der Waals surface area contributed by atoms with Crippen LogP contribution >= 0.6 is 43.2 Å². The Balaban J connectivity index is 0.000000133. The molecule has 1 aliphatic heterocycles. The minimum absolute atomic E-state index is 0.275. The number of thiophene rings is 1. The molecule has 22 heavy (non-hydrogen) atoms. The summed E-state index contributed by atoms with van der Waals surface area (Å²) in [4.78, 5) is 8.04. The van der Waals surface area contributed by atoms with Gasteiger partial charge in [-0.3, -0.25) is 9.97 Å². The first-order valence-electron chi connectivity index (χ1n) is 6.02. The van der Waals surface area contributed by atoms with Crippen molar-refractivity contribution in [2.45, 2.75) is 4.90 Å². The van der Waals surface area contributed by atoms with Gasteiger partial charge in [0.2, 0.25) is 9.84 Å². The molecule has 3 aromatic rings. The molecule has 0 bridgehead atoms. The average molecular weight is 460 g/mol. The fraction of sp³-hybridized carbons (Fsp3) is 0. The Morgan fingerprint density at radius 2 is 1.77 bits per heavy atom. The van der Waals surface area contributed by atoms with Crippen molar-refractivity contribution in [2.75, 3.05) is 0 Å². The number of sulfone groups is 1. The fourth-order valence-corrected chi connectivity index (χ4v) is 5.89. The molecule has 0 aliphatic carbocycles. The normalized spacial score (nSPS) is 14.9. The molecule has 0 amide bonds. The highest BCUT2D eigenvalue weighted by Crippen LogP contribution is 2.35. The van der Waals surface area contributed by atoms with Crippen LogP contribution in [0, 0.1) is 0 Å². The molecule has 4 rings (SSSR count). The van der Waals surface area contributed by atoms with Gasteiger partial charge in [-0.25, -0.2) is 8.42 Å². The van der Waals surface area contributed by atoms with Gasteiger partial charge in [-0.05, 0) is 44.0 Å². The van der Waals surface area contributed by atoms with Gasteiger partial charge in [-0.15, -0.1) is 11.3 Å². The molecule has 0 saturated heterocycles. The molecule has 0 aromatic carbocycles. The van der Waals surface area contributed by atoms with E-state index in [-0.39, 0.29) is 4.90 Å². The van der Waals surface area contributed by atoms with Gasteiger partial charge >= 0.3 is 0 Å². The highest BCUT2D eigenvalue weighted by atomic mass is 79.9. The summed E-state index contributed by atoms with van der Waals surface area (Å²) < 4.78 is 25.6. The number of hydrogen-bond donors (Lipinski definition) is 0. The van der Waals surface area contributed by atoms with E-state index in [1.165, 1.54) is 21.7 Å². The van der Waals surface area contributed by atoms with Gasteiger partial charge in [-0.2, -0.15) is 0 Å². The second kappa shape index (κ2) is 6.19. The average Bonchev–Trinajstić information content (AvgIpc) is 3.00. The van der Waals surface area contributed by atoms with Crippen molar-refractivity contribution in [3.8, 4) is 0 Å². The standard InChI is InChI=1S/C7H4BrNO2S.C7H4BrNS/c8-6-4-12(10,11)7-3-9-2-1-5(6)7;8-6-4-10-7-3-9-2-1-5(6)7/h1-4H;1-4H. The summed E-state index contributed by atoms with van der Waals surface area (Å²) in [5.41, 5.74) is 0.685. The lowest BCUT2D eigenvalue weighted by molar-refractivity contribution is 0.605. The van der Waals surface area contributed by atoms with Crippen LogP contribution in [0.15, 0.2) is 57.1 Å². The minimum atomic E-state index is -3.23. The van der Waals surface area contributed by atoms with Crippen molar-refractivity contribution in [3.63, 3.8) is 0 Å². The second-order valence-corrected chi connectivity index (χ2v) is 8.72. The number of aromatic nitrogens is 2. The summed E-state index contributed by atoms with van der Waals surface area (Å²) in [7, 11) is -3.23. The molecule has 1 aliphatic rings. The Morgan fingerprint density at radius 1 is 1.05 bits per heavy atom. The van der Waals surface area contributed by atoms with Crippen LogP contribution in [0.25, 0.3) is 14.6 Å². The van der Waals surface area contributed by atoms with E-state index in [0.29, 0.717) is 10.0 Å². The van der Waals surface area contributed by atoms with E-state index in [4.69, 9.17) is 0 Å². The number of fused-ring (bicyclic) bond motifs is 2. The monoisotopic (exact) mass is 458 g/mol. The number of halogens is 2. The molecular weight excluding hydrogens is 452 g/mol. The summed E-state index contributed by atoms with van der Waals surface area (Å²) in [5, 5.41) is 4.52. The third-order valence-corrected chi connectivity index (χ3v) is 7.27. The zero-order chi connectivity index (χ0) is 15.7. The van der Waals surface area contributed by atoms with Crippen molar-refractivity contribution in [1.82, 2.24) is 9.97 Å². The van der Waals surface area contributed by atoms with Gasteiger partial charge < -0.3 is 0 Å². The first-order chi connectivity index (χ1) is 10.5. The van der Waals surface area contributed by atoms with E-state index < -0.39 is 9.84 Å². The van der Waals surface area contributed by atoms with E-state index in [2.05, 4.69) is 47.2 Å². The Morgan fingerprint density at radius 3 is 2.50 bits per heavy atom. The van der Waals surface area contributed by atoms with Crippen LogP contribution in [-0.2, 0) is 9.84 Å². The van der Waals surface area contributed by atoms with Gasteiger partial charge in [0.05, 0.1) is 15.0 Å². The lowest BCUT2D eigenvalue weighted by Crippen LogP contribution is -1.93. The van der Waals surface area contributed by atoms with Crippen LogP contribution in [0.2, 0.25) is 0 Å². The lowest BCUT2D eigenvalue weighted by atomic mass is 10.3. The Hall–Kier alpha value is -1.09. The Bertz CT molecular complexity index is 981. The summed E-state index contributed by atoms with van der Waals surface area (Å²) in [5.74, 6) is 0. The van der Waals surface area contributed by atoms with Crippen molar-refractivity contribution < 1.29 is 8.42 Å². The number of hydrogen-bond acceptors (Lipinski definition) is 5. The van der Waals surface area contributed by atoms with Crippen LogP contribution in [0.1, 0.15) is 5.56 Å². The van der Waals surface area contributed by atoms with E-state index >= 15 is 0 Å². The maximum Gasteiger partial charge on any atom is 0.203 e. The first-order valence-corrected chi connectivity index (χ1v) is 10.0. The third kappa shape index (κ3) is 3.01. The minimum Gasteiger partial charge on any atom is -0.263 e. The first kappa shape index (κ1) is 15.8. The Labute approximate surface area is 148 Å². The van der Waals surface area contributed by atoms with E-state index in [1.807, 2.05) is 12.3 Å². The molecule has 4 nitrogen and oxygen atoms in total. The fourth-order valence-electron chi connectivity index (χ4n) is 1.92. The van der Waals surface area contributed by atoms with Crippen molar-refractivity contribution >= 4 is 67.6 Å². The highest BCUT2D eigenvalue weighted by Gasteiger charge is 2.25. The van der Waals surface area contributed by atoms with Gasteiger partial charge in [-0.1, -0.05) is 0 Å². The number of pyridine rings is 2. The maximum atomic E-state index is 11.3. The zero-order valence-corrected chi connectivity index (χ0v) is 15.7. The molecule has 0 fully saturated rings. The van der Waals surface area contributed by atoms with E-state index in [1.54, 1.807) is 29.8 Å². The SMILES string of the molecule is Brc1csc2cnccc12.O=S1(=O)C=C(Br)c2ccncc21. The third-order valence-electron chi connectivity index (χ3n) is 2.94. The smallest absolute Gasteiger partial charge is 0.203 e. The quantitative estimate of drug-likeness (QED) is 0.492.